The van der Waals surface area contributed by atoms with Crippen molar-refractivity contribution in [1.29, 1.82) is 0 Å². The molecule has 0 saturated carbocycles. The quantitative estimate of drug-likeness (QED) is 0.627. The molecule has 0 fully saturated rings. The van der Waals surface area contributed by atoms with E-state index in [2.05, 4.69) is 5.32 Å². The number of benzene rings is 1. The Hall–Kier alpha value is -1.79. The van der Waals surface area contributed by atoms with Crippen LogP contribution in [-0.4, -0.2) is 16.5 Å². The van der Waals surface area contributed by atoms with Crippen LogP contribution in [0.2, 0.25) is 5.02 Å². The molecule has 2 heterocycles. The lowest BCUT2D eigenvalue weighted by Crippen LogP contribution is -2.27. The summed E-state index contributed by atoms with van der Waals surface area (Å²) < 4.78 is 0. The van der Waals surface area contributed by atoms with Gasteiger partial charge in [-0.25, -0.2) is 0 Å². The topological polar surface area (TPSA) is 72.2 Å². The van der Waals surface area contributed by atoms with Crippen LogP contribution >= 0.6 is 23.4 Å². The molecule has 1 N–H and O–H groups in total. The first-order valence-electron chi connectivity index (χ1n) is 7.89. The first-order chi connectivity index (χ1) is 11.6. The first kappa shape index (κ1) is 15.7. The van der Waals surface area contributed by atoms with E-state index in [0.717, 1.165) is 46.8 Å². The highest BCUT2D eigenvalue weighted by Crippen LogP contribution is 2.50. The smallest absolute Gasteiger partial charge is 0.288 e. The number of nitro benzene ring substituents is 1. The van der Waals surface area contributed by atoms with E-state index in [0.29, 0.717) is 6.42 Å². The molecule has 3 aliphatic rings. The average Bonchev–Trinajstić information content (AvgIpc) is 2.94. The number of Topliss-reactive ketones (excluding diaryl/α,β-unsaturated/α-hetero) is 1. The van der Waals surface area contributed by atoms with Crippen LogP contribution < -0.4 is 5.32 Å². The fraction of sp³-hybridized carbons (Fsp3) is 0.353. The van der Waals surface area contributed by atoms with Gasteiger partial charge in [-0.05, 0) is 36.6 Å². The highest BCUT2D eigenvalue weighted by molar-refractivity contribution is 8.03. The molecule has 7 heteroatoms. The number of nitro groups is 1. The van der Waals surface area contributed by atoms with Crippen molar-refractivity contribution in [1.82, 2.24) is 5.32 Å². The van der Waals surface area contributed by atoms with Gasteiger partial charge in [0.05, 0.1) is 4.92 Å². The molecule has 1 unspecified atom stereocenters. The van der Waals surface area contributed by atoms with Crippen LogP contribution in [0.25, 0.3) is 0 Å². The number of allylic oxidation sites excluding steroid dienone is 4. The normalized spacial score (nSPS) is 23.0. The van der Waals surface area contributed by atoms with E-state index < -0.39 is 4.92 Å². The molecule has 5 nitrogen and oxygen atoms in total. The number of hydrogen-bond acceptors (Lipinski definition) is 5. The maximum atomic E-state index is 12.5. The molecule has 1 atom stereocenters. The number of rotatable bonds is 2. The van der Waals surface area contributed by atoms with E-state index in [1.165, 1.54) is 11.8 Å². The van der Waals surface area contributed by atoms with Crippen LogP contribution in [-0.2, 0) is 4.79 Å². The summed E-state index contributed by atoms with van der Waals surface area (Å²) in [6, 6.07) is 4.89. The van der Waals surface area contributed by atoms with Crippen LogP contribution in [0.15, 0.2) is 40.1 Å². The number of ketones is 1. The lowest BCUT2D eigenvalue weighted by atomic mass is 9.85. The summed E-state index contributed by atoms with van der Waals surface area (Å²) in [5, 5.41) is 14.8. The van der Waals surface area contributed by atoms with Crippen molar-refractivity contribution in [2.45, 2.75) is 31.6 Å². The summed E-state index contributed by atoms with van der Waals surface area (Å²) in [5.41, 5.74) is 3.60. The standard InChI is InChI=1S/C17H15ClN2O3S/c18-10-4-3-9(8-13(10)20(22)23)15-16-11(5-6-14(16)21)19-12-2-1-7-24-17(12)15/h3-4,8,15,19H,1-2,5-7H2. The fourth-order valence-electron chi connectivity index (χ4n) is 3.64. The van der Waals surface area contributed by atoms with Gasteiger partial charge in [0.1, 0.15) is 5.02 Å². The van der Waals surface area contributed by atoms with Crippen LogP contribution in [0.5, 0.6) is 0 Å². The van der Waals surface area contributed by atoms with Crippen LogP contribution in [0, 0.1) is 10.1 Å². The molecule has 4 rings (SSSR count). The highest BCUT2D eigenvalue weighted by atomic mass is 35.5. The zero-order chi connectivity index (χ0) is 16.8. The number of dihydropyridines is 1. The summed E-state index contributed by atoms with van der Waals surface area (Å²) in [4.78, 5) is 24.4. The second-order valence-corrected chi connectivity index (χ2v) is 7.68. The minimum Gasteiger partial charge on any atom is -0.361 e. The Morgan fingerprint density at radius 2 is 2.08 bits per heavy atom. The van der Waals surface area contributed by atoms with Gasteiger partial charge >= 0.3 is 0 Å². The molecule has 24 heavy (non-hydrogen) atoms. The third kappa shape index (κ3) is 2.45. The summed E-state index contributed by atoms with van der Waals surface area (Å²) in [5.74, 6) is 0.939. The number of carbonyl (C=O) groups excluding carboxylic acids is 1. The third-order valence-electron chi connectivity index (χ3n) is 4.71. The second-order valence-electron chi connectivity index (χ2n) is 6.14. The molecule has 124 valence electrons. The molecule has 1 aromatic carbocycles. The molecule has 0 saturated heterocycles. The Morgan fingerprint density at radius 3 is 2.88 bits per heavy atom. The minimum absolute atomic E-state index is 0.108. The van der Waals surface area contributed by atoms with E-state index in [1.54, 1.807) is 23.9 Å². The summed E-state index contributed by atoms with van der Waals surface area (Å²) in [6.45, 7) is 0. The van der Waals surface area contributed by atoms with Crippen molar-refractivity contribution in [2.24, 2.45) is 0 Å². The first-order valence-corrected chi connectivity index (χ1v) is 9.25. The highest BCUT2D eigenvalue weighted by Gasteiger charge is 2.39. The van der Waals surface area contributed by atoms with Crippen molar-refractivity contribution >= 4 is 34.8 Å². The Kier molecular flexibility index (Phi) is 3.89. The molecule has 0 amide bonds. The van der Waals surface area contributed by atoms with Gasteiger partial charge in [0, 0.05) is 40.3 Å². The molecule has 2 aliphatic heterocycles. The van der Waals surface area contributed by atoms with Crippen molar-refractivity contribution in [2.75, 3.05) is 5.75 Å². The van der Waals surface area contributed by atoms with Crippen molar-refractivity contribution < 1.29 is 9.72 Å². The molecular weight excluding hydrogens is 348 g/mol. The summed E-state index contributed by atoms with van der Waals surface area (Å²) in [6.07, 6.45) is 3.29. The number of halogens is 1. The van der Waals surface area contributed by atoms with Crippen LogP contribution in [0.3, 0.4) is 0 Å². The fourth-order valence-corrected chi connectivity index (χ4v) is 5.09. The van der Waals surface area contributed by atoms with Crippen LogP contribution in [0.4, 0.5) is 5.69 Å². The third-order valence-corrected chi connectivity index (χ3v) is 6.31. The predicted molar refractivity (Wildman–Crippen MR) is 94.0 cm³/mol. The number of thioether (sulfide) groups is 1. The van der Waals surface area contributed by atoms with Gasteiger partial charge in [-0.1, -0.05) is 17.7 Å². The lowest BCUT2D eigenvalue weighted by molar-refractivity contribution is -0.384. The van der Waals surface area contributed by atoms with E-state index in [-0.39, 0.29) is 22.4 Å². The van der Waals surface area contributed by atoms with Gasteiger partial charge < -0.3 is 5.32 Å². The van der Waals surface area contributed by atoms with E-state index in [4.69, 9.17) is 11.6 Å². The maximum Gasteiger partial charge on any atom is 0.288 e. The van der Waals surface area contributed by atoms with Gasteiger partial charge in [0.15, 0.2) is 5.78 Å². The molecule has 0 aromatic heterocycles. The molecule has 1 aliphatic carbocycles. The van der Waals surface area contributed by atoms with Gasteiger partial charge in [-0.3, -0.25) is 14.9 Å². The van der Waals surface area contributed by atoms with Gasteiger partial charge in [0.25, 0.3) is 5.69 Å². The maximum absolute atomic E-state index is 12.5. The summed E-state index contributed by atoms with van der Waals surface area (Å²) >= 11 is 7.70. The molecule has 1 aromatic rings. The van der Waals surface area contributed by atoms with Crippen molar-refractivity contribution in [3.05, 3.63) is 60.8 Å². The Bertz CT molecular complexity index is 831. The number of hydrogen-bond donors (Lipinski definition) is 1. The number of nitrogens with one attached hydrogen (secondary N) is 1. The molecule has 0 spiro atoms. The van der Waals surface area contributed by atoms with E-state index in [1.807, 2.05) is 0 Å². The van der Waals surface area contributed by atoms with Gasteiger partial charge in [-0.2, -0.15) is 0 Å². The monoisotopic (exact) mass is 362 g/mol. The zero-order valence-electron chi connectivity index (χ0n) is 12.8. The largest absolute Gasteiger partial charge is 0.361 e. The van der Waals surface area contributed by atoms with Gasteiger partial charge in [-0.15, -0.1) is 11.8 Å². The second kappa shape index (κ2) is 5.93. The van der Waals surface area contributed by atoms with Crippen molar-refractivity contribution in [3.63, 3.8) is 0 Å². The number of nitrogens with zero attached hydrogens (tertiary/aromatic N) is 1. The predicted octanol–water partition coefficient (Wildman–Crippen LogP) is 4.29. The van der Waals surface area contributed by atoms with Gasteiger partial charge in [0.2, 0.25) is 0 Å². The van der Waals surface area contributed by atoms with E-state index in [9.17, 15) is 14.9 Å². The van der Waals surface area contributed by atoms with E-state index >= 15 is 0 Å². The zero-order valence-corrected chi connectivity index (χ0v) is 14.4. The summed E-state index contributed by atoms with van der Waals surface area (Å²) in [7, 11) is 0. The SMILES string of the molecule is O=C1CCC2=C1C(c1ccc(Cl)c([N+](=O)[O-])c1)C1=C(CCCS1)N2. The Labute approximate surface area is 148 Å². The lowest BCUT2D eigenvalue weighted by Gasteiger charge is -2.33. The number of carbonyl (C=O) groups is 1. The Balaban J connectivity index is 1.88. The Morgan fingerprint density at radius 1 is 1.25 bits per heavy atom. The minimum atomic E-state index is -0.470. The van der Waals surface area contributed by atoms with Crippen molar-refractivity contribution in [3.8, 4) is 0 Å². The molecule has 0 bridgehead atoms. The van der Waals surface area contributed by atoms with Crippen LogP contribution in [0.1, 0.15) is 37.2 Å². The molecule has 0 radical (unpaired) electrons. The average molecular weight is 363 g/mol. The molecular formula is C17H15ClN2O3S.